The average molecular weight is 318 g/mol. The Morgan fingerprint density at radius 1 is 1.52 bits per heavy atom. The number of aliphatic hydroxyl groups is 1. The second kappa shape index (κ2) is 6.16. The number of rotatable bonds is 4. The van der Waals surface area contributed by atoms with Gasteiger partial charge < -0.3 is 10.4 Å². The molecular formula is C16H22N4O3. The number of amides is 1. The fourth-order valence-corrected chi connectivity index (χ4v) is 3.36. The van der Waals surface area contributed by atoms with Crippen LogP contribution in [0.2, 0.25) is 0 Å². The number of hydrogen-bond acceptors (Lipinski definition) is 4. The van der Waals surface area contributed by atoms with Crippen LogP contribution in [0.15, 0.2) is 10.9 Å². The van der Waals surface area contributed by atoms with Gasteiger partial charge in [-0.15, -0.1) is 0 Å². The molecule has 0 aliphatic heterocycles. The van der Waals surface area contributed by atoms with Gasteiger partial charge in [0.25, 0.3) is 11.5 Å². The molecule has 3 rings (SSSR count). The van der Waals surface area contributed by atoms with Gasteiger partial charge in [0.1, 0.15) is 0 Å². The summed E-state index contributed by atoms with van der Waals surface area (Å²) in [5.74, 6) is -0.0936. The Morgan fingerprint density at radius 3 is 2.91 bits per heavy atom. The highest BCUT2D eigenvalue weighted by atomic mass is 16.3. The molecule has 124 valence electrons. The number of hydrogen-bond donors (Lipinski definition) is 3. The molecule has 2 heterocycles. The van der Waals surface area contributed by atoms with Crippen LogP contribution in [0.25, 0.3) is 11.0 Å². The molecule has 2 aromatic rings. The SMILES string of the molecule is Cc1cc(C(=O)NCC(O)C2CCCC2)c2c(=O)[nH]n(C)c2n1. The largest absolute Gasteiger partial charge is 0.391 e. The topological polar surface area (TPSA) is 100 Å². The number of aryl methyl sites for hydroxylation is 2. The van der Waals surface area contributed by atoms with Crippen molar-refractivity contribution in [3.8, 4) is 0 Å². The normalized spacial score (nSPS) is 16.8. The van der Waals surface area contributed by atoms with Crippen LogP contribution in [-0.2, 0) is 7.05 Å². The summed E-state index contributed by atoms with van der Waals surface area (Å²) in [6.45, 7) is 1.98. The van der Waals surface area contributed by atoms with Crippen LogP contribution >= 0.6 is 0 Å². The van der Waals surface area contributed by atoms with E-state index in [0.29, 0.717) is 16.9 Å². The van der Waals surface area contributed by atoms with E-state index < -0.39 is 6.10 Å². The van der Waals surface area contributed by atoms with Gasteiger partial charge in [0, 0.05) is 19.3 Å². The minimum atomic E-state index is -0.533. The number of carbonyl (C=O) groups excluding carboxylic acids is 1. The molecule has 2 aromatic heterocycles. The van der Waals surface area contributed by atoms with Crippen LogP contribution in [0.1, 0.15) is 41.7 Å². The first kappa shape index (κ1) is 15.7. The lowest BCUT2D eigenvalue weighted by atomic mass is 10.0. The van der Waals surface area contributed by atoms with Crippen molar-refractivity contribution in [2.24, 2.45) is 13.0 Å². The molecule has 0 bridgehead atoms. The fraction of sp³-hybridized carbons (Fsp3) is 0.562. The molecule has 3 N–H and O–H groups in total. The predicted molar refractivity (Wildman–Crippen MR) is 86.4 cm³/mol. The second-order valence-electron chi connectivity index (χ2n) is 6.33. The Kier molecular flexibility index (Phi) is 4.21. The minimum absolute atomic E-state index is 0.205. The Morgan fingerprint density at radius 2 is 2.22 bits per heavy atom. The number of nitrogens with one attached hydrogen (secondary N) is 2. The fourth-order valence-electron chi connectivity index (χ4n) is 3.36. The van der Waals surface area contributed by atoms with E-state index in [1.165, 1.54) is 4.68 Å². The zero-order chi connectivity index (χ0) is 16.6. The van der Waals surface area contributed by atoms with E-state index in [4.69, 9.17) is 0 Å². The zero-order valence-electron chi connectivity index (χ0n) is 13.4. The number of H-pyrrole nitrogens is 1. The van der Waals surface area contributed by atoms with Gasteiger partial charge >= 0.3 is 0 Å². The molecule has 7 heteroatoms. The number of aromatic amines is 1. The van der Waals surface area contributed by atoms with Crippen molar-refractivity contribution < 1.29 is 9.90 Å². The average Bonchev–Trinajstić information content (AvgIpc) is 3.13. The number of nitrogens with zero attached hydrogens (tertiary/aromatic N) is 2. The summed E-state index contributed by atoms with van der Waals surface area (Å²) in [6.07, 6.45) is 3.76. The highest BCUT2D eigenvalue weighted by molar-refractivity contribution is 6.05. The van der Waals surface area contributed by atoms with Gasteiger partial charge in [0.15, 0.2) is 5.65 Å². The summed E-state index contributed by atoms with van der Waals surface area (Å²) < 4.78 is 1.51. The molecule has 0 spiro atoms. The smallest absolute Gasteiger partial charge is 0.274 e. The molecule has 0 aromatic carbocycles. The van der Waals surface area contributed by atoms with Crippen LogP contribution in [0, 0.1) is 12.8 Å². The van der Waals surface area contributed by atoms with E-state index in [1.54, 1.807) is 20.0 Å². The maximum Gasteiger partial charge on any atom is 0.274 e. The lowest BCUT2D eigenvalue weighted by Crippen LogP contribution is -2.36. The molecule has 1 atom stereocenters. The third kappa shape index (κ3) is 3.01. The molecular weight excluding hydrogens is 296 g/mol. The maximum atomic E-state index is 12.5. The Hall–Kier alpha value is -2.15. The minimum Gasteiger partial charge on any atom is -0.391 e. The molecule has 1 fully saturated rings. The Labute approximate surface area is 133 Å². The summed E-state index contributed by atoms with van der Waals surface area (Å²) in [5, 5.41) is 15.8. The van der Waals surface area contributed by atoms with Crippen molar-refractivity contribution in [3.05, 3.63) is 27.7 Å². The summed E-state index contributed by atoms with van der Waals surface area (Å²) in [6, 6.07) is 1.61. The maximum absolute atomic E-state index is 12.5. The highest BCUT2D eigenvalue weighted by Gasteiger charge is 2.24. The van der Waals surface area contributed by atoms with Crippen LogP contribution < -0.4 is 10.9 Å². The molecule has 23 heavy (non-hydrogen) atoms. The zero-order valence-corrected chi connectivity index (χ0v) is 13.4. The van der Waals surface area contributed by atoms with E-state index in [1.807, 2.05) is 0 Å². The van der Waals surface area contributed by atoms with Crippen LogP contribution in [-0.4, -0.2) is 38.4 Å². The van der Waals surface area contributed by atoms with Crippen molar-refractivity contribution in [1.29, 1.82) is 0 Å². The molecule has 1 unspecified atom stereocenters. The number of aromatic nitrogens is 3. The first-order valence-electron chi connectivity index (χ1n) is 8.00. The van der Waals surface area contributed by atoms with E-state index in [9.17, 15) is 14.7 Å². The number of carbonyl (C=O) groups is 1. The predicted octanol–water partition coefficient (Wildman–Crippen LogP) is 0.851. The molecule has 1 aliphatic rings. The van der Waals surface area contributed by atoms with Crippen molar-refractivity contribution in [2.75, 3.05) is 6.54 Å². The quantitative estimate of drug-likeness (QED) is 0.778. The van der Waals surface area contributed by atoms with Crippen molar-refractivity contribution in [2.45, 2.75) is 38.7 Å². The third-order valence-corrected chi connectivity index (χ3v) is 4.60. The van der Waals surface area contributed by atoms with E-state index >= 15 is 0 Å². The third-order valence-electron chi connectivity index (χ3n) is 4.60. The Balaban J connectivity index is 1.82. The van der Waals surface area contributed by atoms with Crippen LogP contribution in [0.3, 0.4) is 0 Å². The molecule has 0 radical (unpaired) electrons. The molecule has 1 amide bonds. The monoisotopic (exact) mass is 318 g/mol. The van der Waals surface area contributed by atoms with Crippen LogP contribution in [0.5, 0.6) is 0 Å². The van der Waals surface area contributed by atoms with Gasteiger partial charge in [-0.25, -0.2) is 4.98 Å². The lowest BCUT2D eigenvalue weighted by molar-refractivity contribution is 0.0842. The van der Waals surface area contributed by atoms with Gasteiger partial charge in [-0.1, -0.05) is 12.8 Å². The lowest BCUT2D eigenvalue weighted by Gasteiger charge is -2.18. The first-order chi connectivity index (χ1) is 11.0. The van der Waals surface area contributed by atoms with E-state index in [-0.39, 0.29) is 29.3 Å². The van der Waals surface area contributed by atoms with Gasteiger partial charge in [0.05, 0.1) is 17.1 Å². The molecule has 7 nitrogen and oxygen atoms in total. The number of fused-ring (bicyclic) bond motifs is 1. The van der Waals surface area contributed by atoms with Gasteiger partial charge in [-0.3, -0.25) is 19.4 Å². The number of pyridine rings is 1. The van der Waals surface area contributed by atoms with Gasteiger partial charge in [-0.05, 0) is 31.7 Å². The van der Waals surface area contributed by atoms with Gasteiger partial charge in [-0.2, -0.15) is 0 Å². The summed E-state index contributed by atoms with van der Waals surface area (Å²) in [7, 11) is 1.68. The van der Waals surface area contributed by atoms with E-state index in [0.717, 1.165) is 25.7 Å². The second-order valence-corrected chi connectivity index (χ2v) is 6.33. The molecule has 1 aliphatic carbocycles. The summed E-state index contributed by atoms with van der Waals surface area (Å²) in [4.78, 5) is 28.8. The van der Waals surface area contributed by atoms with Crippen molar-refractivity contribution in [3.63, 3.8) is 0 Å². The van der Waals surface area contributed by atoms with Crippen LogP contribution in [0.4, 0.5) is 0 Å². The molecule has 1 saturated carbocycles. The number of aliphatic hydroxyl groups excluding tert-OH is 1. The highest BCUT2D eigenvalue weighted by Crippen LogP contribution is 2.27. The van der Waals surface area contributed by atoms with E-state index in [2.05, 4.69) is 15.4 Å². The summed E-state index contributed by atoms with van der Waals surface area (Å²) in [5.41, 5.74) is 1.08. The standard InChI is InChI=1S/C16H22N4O3/c1-9-7-11(13-14(18-9)20(2)19-16(13)23)15(22)17-8-12(21)10-5-3-4-6-10/h7,10,12,21H,3-6,8H2,1-2H3,(H,17,22)(H,19,23). The Bertz CT molecular complexity index is 786. The van der Waals surface area contributed by atoms with Crippen molar-refractivity contribution >= 4 is 16.9 Å². The van der Waals surface area contributed by atoms with Gasteiger partial charge in [0.2, 0.25) is 0 Å². The first-order valence-corrected chi connectivity index (χ1v) is 8.00. The molecule has 0 saturated heterocycles. The summed E-state index contributed by atoms with van der Waals surface area (Å²) >= 11 is 0. The van der Waals surface area contributed by atoms with Crippen molar-refractivity contribution in [1.82, 2.24) is 20.1 Å².